The number of fused-ring (bicyclic) bond motifs is 1. The number of alkyl halides is 1. The maximum absolute atomic E-state index is 13.7. The number of nitrogens with zero attached hydrogens (tertiary/aromatic N) is 1. The van der Waals surface area contributed by atoms with Gasteiger partial charge in [-0.15, -0.1) is 11.3 Å². The number of rotatable bonds is 8. The molecule has 0 saturated carbocycles. The SMILES string of the molecule is CC(COc1ccc(C(=O)c2c(-c3ccc(O)cc3)sc3ccc(O)cc23)cc1)N1CCC(CF)C1.CCC. The summed E-state index contributed by atoms with van der Waals surface area (Å²) < 4.78 is 19.8. The molecule has 0 aliphatic carbocycles. The molecule has 1 aromatic heterocycles. The van der Waals surface area contributed by atoms with Crippen molar-refractivity contribution >= 4 is 27.2 Å². The number of ketones is 1. The van der Waals surface area contributed by atoms with Crippen LogP contribution in [0.25, 0.3) is 20.5 Å². The molecule has 0 bridgehead atoms. The standard InChI is InChI=1S/C29H28FNO4S.C3H8/c1-18(31-13-12-19(15-30)16-31)17-35-24-9-4-20(5-10-24)28(34)27-25-14-23(33)8-11-26(25)36-29(27)21-2-6-22(32)7-3-21;1-3-2/h2-11,14,18-19,32-33H,12-13,15-17H2,1H3;3H2,1-2H3. The van der Waals surface area contributed by atoms with Crippen LogP contribution < -0.4 is 4.74 Å². The van der Waals surface area contributed by atoms with Gasteiger partial charge in [0.25, 0.3) is 0 Å². The minimum absolute atomic E-state index is 0.0975. The van der Waals surface area contributed by atoms with Crippen molar-refractivity contribution in [3.8, 4) is 27.7 Å². The Bertz CT molecular complexity index is 1380. The number of carbonyl (C=O) groups excluding carboxylic acids is 1. The molecule has 4 aromatic rings. The first-order valence-electron chi connectivity index (χ1n) is 13.5. The Morgan fingerprint density at radius 2 is 1.72 bits per heavy atom. The highest BCUT2D eigenvalue weighted by molar-refractivity contribution is 7.22. The van der Waals surface area contributed by atoms with Gasteiger partial charge in [-0.05, 0) is 92.2 Å². The molecule has 2 atom stereocenters. The zero-order chi connectivity index (χ0) is 27.9. The number of halogens is 1. The number of carbonyl (C=O) groups is 1. The maximum Gasteiger partial charge on any atom is 0.195 e. The molecule has 2 unspecified atom stereocenters. The highest BCUT2D eigenvalue weighted by Crippen LogP contribution is 2.41. The molecule has 0 amide bonds. The van der Waals surface area contributed by atoms with Gasteiger partial charge in [-0.3, -0.25) is 14.1 Å². The molecule has 0 radical (unpaired) electrons. The van der Waals surface area contributed by atoms with E-state index < -0.39 is 0 Å². The summed E-state index contributed by atoms with van der Waals surface area (Å²) >= 11 is 1.48. The van der Waals surface area contributed by atoms with Gasteiger partial charge in [0, 0.05) is 44.6 Å². The highest BCUT2D eigenvalue weighted by Gasteiger charge is 2.26. The van der Waals surface area contributed by atoms with Gasteiger partial charge in [0.1, 0.15) is 23.9 Å². The smallest absolute Gasteiger partial charge is 0.195 e. The Labute approximate surface area is 233 Å². The molecule has 5 rings (SSSR count). The van der Waals surface area contributed by atoms with Gasteiger partial charge in [-0.1, -0.05) is 20.3 Å². The molecule has 1 saturated heterocycles. The maximum atomic E-state index is 13.7. The van der Waals surface area contributed by atoms with E-state index in [2.05, 4.69) is 25.7 Å². The van der Waals surface area contributed by atoms with Crippen molar-refractivity contribution in [1.29, 1.82) is 0 Å². The number of hydrogen-bond acceptors (Lipinski definition) is 6. The van der Waals surface area contributed by atoms with Crippen LogP contribution >= 0.6 is 11.3 Å². The van der Waals surface area contributed by atoms with Crippen LogP contribution in [-0.2, 0) is 0 Å². The van der Waals surface area contributed by atoms with Crippen LogP contribution in [-0.4, -0.2) is 53.3 Å². The van der Waals surface area contributed by atoms with Crippen molar-refractivity contribution in [1.82, 2.24) is 4.90 Å². The van der Waals surface area contributed by atoms with E-state index in [1.54, 1.807) is 60.7 Å². The lowest BCUT2D eigenvalue weighted by Gasteiger charge is -2.24. The van der Waals surface area contributed by atoms with Crippen LogP contribution in [0.2, 0.25) is 0 Å². The predicted octanol–water partition coefficient (Wildman–Crippen LogP) is 7.69. The van der Waals surface area contributed by atoms with E-state index >= 15 is 0 Å². The molecule has 1 aliphatic heterocycles. The number of phenolic OH excluding ortho intramolecular Hbond substituents is 2. The molecule has 2 heterocycles. The second-order valence-corrected chi connectivity index (χ2v) is 11.1. The average Bonchev–Trinajstić information content (AvgIpc) is 3.57. The van der Waals surface area contributed by atoms with Gasteiger partial charge in [0.15, 0.2) is 5.78 Å². The van der Waals surface area contributed by atoms with Gasteiger partial charge in [-0.2, -0.15) is 0 Å². The van der Waals surface area contributed by atoms with E-state index in [1.165, 1.54) is 17.8 Å². The van der Waals surface area contributed by atoms with Gasteiger partial charge in [0.2, 0.25) is 0 Å². The summed E-state index contributed by atoms with van der Waals surface area (Å²) in [5.74, 6) is 0.900. The fourth-order valence-corrected chi connectivity index (χ4v) is 5.87. The molecule has 0 spiro atoms. The molecular weight excluding hydrogens is 513 g/mol. The number of phenols is 2. The monoisotopic (exact) mass is 549 g/mol. The van der Waals surface area contributed by atoms with Crippen molar-refractivity contribution in [2.75, 3.05) is 26.4 Å². The van der Waals surface area contributed by atoms with E-state index in [9.17, 15) is 19.4 Å². The minimum atomic E-state index is -0.271. The quantitative estimate of drug-likeness (QED) is 0.221. The fourth-order valence-electron chi connectivity index (χ4n) is 4.69. The number of aromatic hydroxyl groups is 2. The van der Waals surface area contributed by atoms with E-state index in [0.717, 1.165) is 34.7 Å². The summed E-state index contributed by atoms with van der Waals surface area (Å²) in [5.41, 5.74) is 1.86. The molecule has 7 heteroatoms. The zero-order valence-corrected chi connectivity index (χ0v) is 23.5. The van der Waals surface area contributed by atoms with E-state index in [4.69, 9.17) is 4.74 Å². The summed E-state index contributed by atoms with van der Waals surface area (Å²) in [7, 11) is 0. The largest absolute Gasteiger partial charge is 0.508 e. The van der Waals surface area contributed by atoms with E-state index in [0.29, 0.717) is 28.9 Å². The summed E-state index contributed by atoms with van der Waals surface area (Å²) in [6, 6.07) is 19.1. The number of benzene rings is 3. The zero-order valence-electron chi connectivity index (χ0n) is 22.7. The normalized spacial score (nSPS) is 16.1. The Balaban J connectivity index is 0.00000112. The van der Waals surface area contributed by atoms with Crippen LogP contribution in [0.3, 0.4) is 0 Å². The lowest BCUT2D eigenvalue weighted by Crippen LogP contribution is -2.35. The lowest BCUT2D eigenvalue weighted by molar-refractivity contribution is 0.104. The Morgan fingerprint density at radius 3 is 2.36 bits per heavy atom. The van der Waals surface area contributed by atoms with Gasteiger partial charge in [0.05, 0.1) is 6.67 Å². The van der Waals surface area contributed by atoms with Crippen LogP contribution in [0.4, 0.5) is 4.39 Å². The molecule has 2 N–H and O–H groups in total. The van der Waals surface area contributed by atoms with Crippen molar-refractivity contribution in [3.05, 3.63) is 77.9 Å². The second-order valence-electron chi connectivity index (χ2n) is 10.1. The number of hydrogen-bond donors (Lipinski definition) is 2. The summed E-state index contributed by atoms with van der Waals surface area (Å²) in [6.07, 6.45) is 2.14. The Morgan fingerprint density at radius 1 is 1.05 bits per heavy atom. The Kier molecular flexibility index (Phi) is 9.59. The van der Waals surface area contributed by atoms with Crippen LogP contribution in [0.1, 0.15) is 49.5 Å². The van der Waals surface area contributed by atoms with Crippen molar-refractivity contribution in [2.24, 2.45) is 5.92 Å². The third-order valence-electron chi connectivity index (χ3n) is 6.79. The second kappa shape index (κ2) is 13.1. The van der Waals surface area contributed by atoms with E-state index in [1.807, 2.05) is 6.07 Å². The fraction of sp³-hybridized carbons (Fsp3) is 0.344. The van der Waals surface area contributed by atoms with Crippen molar-refractivity contribution < 1.29 is 24.1 Å². The number of thiophene rings is 1. The molecule has 206 valence electrons. The van der Waals surface area contributed by atoms with E-state index in [-0.39, 0.29) is 35.9 Å². The topological polar surface area (TPSA) is 70.0 Å². The lowest BCUT2D eigenvalue weighted by atomic mass is 9.97. The highest BCUT2D eigenvalue weighted by atomic mass is 32.1. The van der Waals surface area contributed by atoms with Crippen LogP contribution in [0, 0.1) is 5.92 Å². The number of ether oxygens (including phenoxy) is 1. The number of likely N-dealkylation sites (tertiary alicyclic amines) is 1. The van der Waals surface area contributed by atoms with Gasteiger partial charge >= 0.3 is 0 Å². The molecule has 39 heavy (non-hydrogen) atoms. The van der Waals surface area contributed by atoms with Crippen LogP contribution in [0.15, 0.2) is 66.7 Å². The molecule has 1 aliphatic rings. The first kappa shape index (κ1) is 28.6. The third kappa shape index (κ3) is 6.78. The predicted molar refractivity (Wildman–Crippen MR) is 157 cm³/mol. The van der Waals surface area contributed by atoms with Crippen molar-refractivity contribution in [2.45, 2.75) is 39.7 Å². The minimum Gasteiger partial charge on any atom is -0.508 e. The van der Waals surface area contributed by atoms with Crippen molar-refractivity contribution in [3.63, 3.8) is 0 Å². The third-order valence-corrected chi connectivity index (χ3v) is 8.01. The van der Waals surface area contributed by atoms with Gasteiger partial charge in [-0.25, -0.2) is 0 Å². The first-order valence-corrected chi connectivity index (χ1v) is 14.3. The first-order chi connectivity index (χ1) is 18.8. The molecule has 3 aromatic carbocycles. The summed E-state index contributed by atoms with van der Waals surface area (Å²) in [4.78, 5) is 16.7. The van der Waals surface area contributed by atoms with Crippen LogP contribution in [0.5, 0.6) is 17.2 Å². The molecule has 5 nitrogen and oxygen atoms in total. The molecular formula is C32H36FNO4S. The van der Waals surface area contributed by atoms with Gasteiger partial charge < -0.3 is 14.9 Å². The Hall–Kier alpha value is -3.42. The molecule has 1 fully saturated rings. The average molecular weight is 550 g/mol. The summed E-state index contributed by atoms with van der Waals surface area (Å²) in [6.45, 7) is 8.21. The summed E-state index contributed by atoms with van der Waals surface area (Å²) in [5, 5.41) is 20.5.